The molecule has 1 heterocycles. The van der Waals surface area contributed by atoms with Crippen molar-refractivity contribution in [1.29, 1.82) is 0 Å². The smallest absolute Gasteiger partial charge is 0.257 e. The first-order valence-electron chi connectivity index (χ1n) is 8.60. The lowest BCUT2D eigenvalue weighted by Crippen LogP contribution is -2.12. The summed E-state index contributed by atoms with van der Waals surface area (Å²) in [6, 6.07) is 13.4. The second kappa shape index (κ2) is 8.22. The van der Waals surface area contributed by atoms with E-state index in [9.17, 15) is 4.79 Å². The quantitative estimate of drug-likeness (QED) is 0.636. The van der Waals surface area contributed by atoms with E-state index in [1.165, 1.54) is 16.9 Å². The molecule has 0 radical (unpaired) electrons. The van der Waals surface area contributed by atoms with Crippen molar-refractivity contribution in [2.24, 2.45) is 0 Å². The summed E-state index contributed by atoms with van der Waals surface area (Å²) >= 11 is 1.39. The van der Waals surface area contributed by atoms with Gasteiger partial charge in [0.2, 0.25) is 0 Å². The van der Waals surface area contributed by atoms with Crippen LogP contribution in [0.3, 0.4) is 0 Å². The van der Waals surface area contributed by atoms with Crippen LogP contribution < -0.4 is 14.8 Å². The monoisotopic (exact) mass is 382 g/mol. The maximum Gasteiger partial charge on any atom is 0.257 e. The maximum atomic E-state index is 12.6. The number of hydrogen-bond donors (Lipinski definition) is 1. The van der Waals surface area contributed by atoms with E-state index in [1.807, 2.05) is 5.38 Å². The second-order valence-corrected chi connectivity index (χ2v) is 7.23. The molecule has 140 valence electrons. The van der Waals surface area contributed by atoms with Gasteiger partial charge in [0.15, 0.2) is 5.13 Å². The molecule has 5 nitrogen and oxygen atoms in total. The molecule has 2 aromatic carbocycles. The average molecular weight is 382 g/mol. The van der Waals surface area contributed by atoms with Crippen LogP contribution in [0, 0.1) is 0 Å². The van der Waals surface area contributed by atoms with Crippen molar-refractivity contribution in [3.63, 3.8) is 0 Å². The third kappa shape index (κ3) is 4.46. The van der Waals surface area contributed by atoms with Gasteiger partial charge in [0.25, 0.3) is 5.91 Å². The van der Waals surface area contributed by atoms with Crippen molar-refractivity contribution in [3.05, 3.63) is 59.0 Å². The minimum absolute atomic E-state index is 0.261. The fourth-order valence-corrected chi connectivity index (χ4v) is 3.33. The lowest BCUT2D eigenvalue weighted by atomic mass is 10.0. The molecule has 6 heteroatoms. The Balaban J connectivity index is 1.76. The van der Waals surface area contributed by atoms with Crippen LogP contribution in [0.2, 0.25) is 0 Å². The van der Waals surface area contributed by atoms with Gasteiger partial charge in [0, 0.05) is 22.6 Å². The van der Waals surface area contributed by atoms with Gasteiger partial charge in [0.1, 0.15) is 11.5 Å². The molecule has 1 N–H and O–H groups in total. The Labute approximate surface area is 163 Å². The Morgan fingerprint density at radius 2 is 1.67 bits per heavy atom. The number of nitrogens with zero attached hydrogens (tertiary/aromatic N) is 1. The van der Waals surface area contributed by atoms with Gasteiger partial charge in [-0.3, -0.25) is 10.1 Å². The van der Waals surface area contributed by atoms with Crippen molar-refractivity contribution < 1.29 is 14.3 Å². The third-order valence-electron chi connectivity index (χ3n) is 4.21. The van der Waals surface area contributed by atoms with Crippen molar-refractivity contribution >= 4 is 22.4 Å². The third-order valence-corrected chi connectivity index (χ3v) is 4.97. The predicted molar refractivity (Wildman–Crippen MR) is 109 cm³/mol. The Bertz CT molecular complexity index is 911. The van der Waals surface area contributed by atoms with Crippen LogP contribution in [-0.2, 0) is 0 Å². The van der Waals surface area contributed by atoms with Crippen LogP contribution in [0.15, 0.2) is 47.8 Å². The minimum atomic E-state index is -0.261. The molecular formula is C21H22N2O3S. The Hall–Kier alpha value is -2.86. The van der Waals surface area contributed by atoms with E-state index in [2.05, 4.69) is 48.4 Å². The Kier molecular flexibility index (Phi) is 5.76. The van der Waals surface area contributed by atoms with Crippen LogP contribution in [0.4, 0.5) is 5.13 Å². The highest BCUT2D eigenvalue weighted by molar-refractivity contribution is 7.14. The summed E-state index contributed by atoms with van der Waals surface area (Å²) < 4.78 is 10.4. The molecule has 3 aromatic rings. The molecule has 0 bridgehead atoms. The van der Waals surface area contributed by atoms with Crippen LogP contribution in [0.1, 0.15) is 35.7 Å². The molecule has 0 aliphatic heterocycles. The van der Waals surface area contributed by atoms with Crippen LogP contribution in [0.25, 0.3) is 11.3 Å². The lowest BCUT2D eigenvalue weighted by molar-refractivity contribution is 0.102. The molecular weight excluding hydrogens is 360 g/mol. The van der Waals surface area contributed by atoms with Gasteiger partial charge in [-0.2, -0.15) is 0 Å². The molecule has 27 heavy (non-hydrogen) atoms. The lowest BCUT2D eigenvalue weighted by Gasteiger charge is -2.08. The van der Waals surface area contributed by atoms with E-state index < -0.39 is 0 Å². The average Bonchev–Trinajstić information content (AvgIpc) is 3.16. The van der Waals surface area contributed by atoms with Crippen LogP contribution >= 0.6 is 11.3 Å². The molecule has 0 saturated carbocycles. The van der Waals surface area contributed by atoms with Gasteiger partial charge in [-0.15, -0.1) is 11.3 Å². The van der Waals surface area contributed by atoms with Crippen molar-refractivity contribution in [3.8, 4) is 22.8 Å². The number of hydrogen-bond acceptors (Lipinski definition) is 5. The zero-order valence-corrected chi connectivity index (χ0v) is 16.6. The number of carbonyl (C=O) groups excluding carboxylic acids is 1. The highest BCUT2D eigenvalue weighted by atomic mass is 32.1. The summed E-state index contributed by atoms with van der Waals surface area (Å²) in [7, 11) is 3.10. The van der Waals surface area contributed by atoms with E-state index in [4.69, 9.17) is 9.47 Å². The standard InChI is InChI=1S/C21H22N2O3S/c1-13(2)14-5-7-15(8-6-14)19-12-27-21(22-19)23-20(24)16-9-17(25-3)11-18(10-16)26-4/h5-13H,1-4H3,(H,22,23,24). The molecule has 0 atom stereocenters. The Morgan fingerprint density at radius 1 is 1.04 bits per heavy atom. The minimum Gasteiger partial charge on any atom is -0.497 e. The summed E-state index contributed by atoms with van der Waals surface area (Å²) in [5.74, 6) is 1.35. The number of ether oxygens (including phenoxy) is 2. The van der Waals surface area contributed by atoms with Gasteiger partial charge < -0.3 is 9.47 Å². The molecule has 0 unspecified atom stereocenters. The van der Waals surface area contributed by atoms with Gasteiger partial charge in [-0.25, -0.2) is 4.98 Å². The van der Waals surface area contributed by atoms with E-state index >= 15 is 0 Å². The zero-order valence-electron chi connectivity index (χ0n) is 15.8. The predicted octanol–water partition coefficient (Wildman–Crippen LogP) is 5.20. The van der Waals surface area contributed by atoms with Gasteiger partial charge in [-0.05, 0) is 23.6 Å². The van der Waals surface area contributed by atoms with E-state index in [0.29, 0.717) is 28.1 Å². The zero-order chi connectivity index (χ0) is 19.4. The largest absolute Gasteiger partial charge is 0.497 e. The first-order valence-corrected chi connectivity index (χ1v) is 9.48. The van der Waals surface area contributed by atoms with E-state index in [0.717, 1.165) is 11.3 Å². The van der Waals surface area contributed by atoms with E-state index in [-0.39, 0.29) is 5.91 Å². The number of carbonyl (C=O) groups is 1. The highest BCUT2D eigenvalue weighted by Crippen LogP contribution is 2.28. The fourth-order valence-electron chi connectivity index (χ4n) is 2.61. The maximum absolute atomic E-state index is 12.6. The number of thiazole rings is 1. The number of nitrogens with one attached hydrogen (secondary N) is 1. The topological polar surface area (TPSA) is 60.5 Å². The van der Waals surface area contributed by atoms with Crippen molar-refractivity contribution in [2.75, 3.05) is 19.5 Å². The number of rotatable bonds is 6. The number of anilines is 1. The summed E-state index contributed by atoms with van der Waals surface area (Å²) in [6.45, 7) is 4.33. The summed E-state index contributed by atoms with van der Waals surface area (Å²) in [5.41, 5.74) is 3.60. The first kappa shape index (κ1) is 18.9. The number of amides is 1. The first-order chi connectivity index (χ1) is 13.0. The normalized spacial score (nSPS) is 10.7. The molecule has 0 aliphatic rings. The molecule has 1 amide bonds. The molecule has 0 saturated heterocycles. The summed E-state index contributed by atoms with van der Waals surface area (Å²) in [5, 5.41) is 5.32. The second-order valence-electron chi connectivity index (χ2n) is 6.37. The van der Waals surface area contributed by atoms with Gasteiger partial charge >= 0.3 is 0 Å². The van der Waals surface area contributed by atoms with Crippen LogP contribution in [-0.4, -0.2) is 25.1 Å². The molecule has 0 spiro atoms. The summed E-state index contributed by atoms with van der Waals surface area (Å²) in [4.78, 5) is 17.1. The number of methoxy groups -OCH3 is 2. The SMILES string of the molecule is COc1cc(OC)cc(C(=O)Nc2nc(-c3ccc(C(C)C)cc3)cs2)c1. The molecule has 1 aromatic heterocycles. The highest BCUT2D eigenvalue weighted by Gasteiger charge is 2.13. The molecule has 3 rings (SSSR count). The van der Waals surface area contributed by atoms with Crippen LogP contribution in [0.5, 0.6) is 11.5 Å². The molecule has 0 fully saturated rings. The fraction of sp³-hybridized carbons (Fsp3) is 0.238. The van der Waals surface area contributed by atoms with Gasteiger partial charge in [-0.1, -0.05) is 38.1 Å². The Morgan fingerprint density at radius 3 is 2.22 bits per heavy atom. The van der Waals surface area contributed by atoms with Crippen molar-refractivity contribution in [1.82, 2.24) is 4.98 Å². The summed E-state index contributed by atoms with van der Waals surface area (Å²) in [6.07, 6.45) is 0. The number of aromatic nitrogens is 1. The van der Waals surface area contributed by atoms with Crippen molar-refractivity contribution in [2.45, 2.75) is 19.8 Å². The number of benzene rings is 2. The van der Waals surface area contributed by atoms with E-state index in [1.54, 1.807) is 32.4 Å². The molecule has 0 aliphatic carbocycles. The van der Waals surface area contributed by atoms with Gasteiger partial charge in [0.05, 0.1) is 19.9 Å².